The summed E-state index contributed by atoms with van der Waals surface area (Å²) in [6, 6.07) is 56.9. The number of fused-ring (bicyclic) bond motifs is 8. The molecule has 0 radical (unpaired) electrons. The SMILES string of the molecule is c1ccc(-c2nc(-c3ccccc3-c3cc4c5ccccc5ccc4c4ccccc34)nc(-c3cccc4oc5ccccc5c34)n2)cc1. The van der Waals surface area contributed by atoms with Gasteiger partial charge in [-0.05, 0) is 61.6 Å². The van der Waals surface area contributed by atoms with E-state index in [9.17, 15) is 0 Å². The Morgan fingerprint density at radius 1 is 0.327 bits per heavy atom. The monoisotopic (exact) mass is 625 g/mol. The van der Waals surface area contributed by atoms with Gasteiger partial charge >= 0.3 is 0 Å². The van der Waals surface area contributed by atoms with Gasteiger partial charge < -0.3 is 4.42 Å². The molecule has 0 aliphatic carbocycles. The molecule has 4 nitrogen and oxygen atoms in total. The number of hydrogen-bond donors (Lipinski definition) is 0. The van der Waals surface area contributed by atoms with Gasteiger partial charge in [0, 0.05) is 27.5 Å². The Kier molecular flexibility index (Phi) is 6.15. The van der Waals surface area contributed by atoms with Gasteiger partial charge in [0.25, 0.3) is 0 Å². The Morgan fingerprint density at radius 3 is 1.78 bits per heavy atom. The molecule has 2 aromatic heterocycles. The lowest BCUT2D eigenvalue weighted by Gasteiger charge is -2.16. The maximum atomic E-state index is 6.26. The van der Waals surface area contributed by atoms with Crippen LogP contribution in [0, 0.1) is 0 Å². The van der Waals surface area contributed by atoms with Crippen molar-refractivity contribution in [3.05, 3.63) is 164 Å². The van der Waals surface area contributed by atoms with Gasteiger partial charge in [-0.15, -0.1) is 0 Å². The first-order valence-electron chi connectivity index (χ1n) is 16.5. The van der Waals surface area contributed by atoms with Gasteiger partial charge in [-0.1, -0.05) is 146 Å². The molecule has 10 aromatic rings. The first-order chi connectivity index (χ1) is 24.3. The number of rotatable bonds is 4. The van der Waals surface area contributed by atoms with Crippen LogP contribution in [0.2, 0.25) is 0 Å². The molecule has 0 amide bonds. The van der Waals surface area contributed by atoms with E-state index in [4.69, 9.17) is 19.4 Å². The van der Waals surface area contributed by atoms with E-state index in [0.717, 1.165) is 49.8 Å². The molecule has 228 valence electrons. The second-order valence-corrected chi connectivity index (χ2v) is 12.3. The van der Waals surface area contributed by atoms with Crippen molar-refractivity contribution in [2.45, 2.75) is 0 Å². The van der Waals surface area contributed by atoms with E-state index in [1.807, 2.05) is 60.7 Å². The molecule has 0 bridgehead atoms. The van der Waals surface area contributed by atoms with Crippen molar-refractivity contribution in [1.29, 1.82) is 0 Å². The van der Waals surface area contributed by atoms with Crippen molar-refractivity contribution < 1.29 is 4.42 Å². The predicted octanol–water partition coefficient (Wildman–Crippen LogP) is 11.9. The highest BCUT2D eigenvalue weighted by Gasteiger charge is 2.20. The fourth-order valence-electron chi connectivity index (χ4n) is 7.29. The van der Waals surface area contributed by atoms with Crippen LogP contribution < -0.4 is 0 Å². The van der Waals surface area contributed by atoms with Crippen LogP contribution in [0.3, 0.4) is 0 Å². The van der Waals surface area contributed by atoms with Crippen LogP contribution in [-0.4, -0.2) is 15.0 Å². The van der Waals surface area contributed by atoms with E-state index in [1.54, 1.807) is 0 Å². The lowest BCUT2D eigenvalue weighted by molar-refractivity contribution is 0.669. The Labute approximate surface area is 282 Å². The smallest absolute Gasteiger partial charge is 0.164 e. The highest BCUT2D eigenvalue weighted by Crippen LogP contribution is 2.42. The lowest BCUT2D eigenvalue weighted by Crippen LogP contribution is -2.01. The Hall–Kier alpha value is -6.65. The van der Waals surface area contributed by atoms with Crippen molar-refractivity contribution in [3.63, 3.8) is 0 Å². The van der Waals surface area contributed by atoms with Crippen LogP contribution in [0.5, 0.6) is 0 Å². The summed E-state index contributed by atoms with van der Waals surface area (Å²) < 4.78 is 6.26. The third kappa shape index (κ3) is 4.42. The molecule has 49 heavy (non-hydrogen) atoms. The molecule has 4 heteroatoms. The van der Waals surface area contributed by atoms with Gasteiger partial charge in [-0.2, -0.15) is 0 Å². The van der Waals surface area contributed by atoms with E-state index >= 15 is 0 Å². The highest BCUT2D eigenvalue weighted by atomic mass is 16.3. The van der Waals surface area contributed by atoms with Crippen LogP contribution in [0.15, 0.2) is 168 Å². The van der Waals surface area contributed by atoms with Crippen molar-refractivity contribution >= 4 is 54.3 Å². The molecular formula is C45H27N3O. The van der Waals surface area contributed by atoms with Crippen LogP contribution >= 0.6 is 0 Å². The van der Waals surface area contributed by atoms with Gasteiger partial charge in [-0.25, -0.2) is 15.0 Å². The summed E-state index contributed by atoms with van der Waals surface area (Å²) in [5.74, 6) is 1.84. The zero-order chi connectivity index (χ0) is 32.3. The first-order valence-corrected chi connectivity index (χ1v) is 16.5. The minimum Gasteiger partial charge on any atom is -0.456 e. The third-order valence-corrected chi connectivity index (χ3v) is 9.54. The molecule has 0 saturated heterocycles. The molecule has 8 aromatic carbocycles. The van der Waals surface area contributed by atoms with Crippen molar-refractivity contribution in [3.8, 4) is 45.3 Å². The maximum absolute atomic E-state index is 6.26. The van der Waals surface area contributed by atoms with E-state index in [1.165, 1.54) is 32.3 Å². The standard InChI is InChI=1S/C45H27N3O/c1-2-14-29(15-3-1)43-46-44(48-45(47-43)37-22-12-24-41-42(37)36-21-10-11-23-40(36)49-41)35-20-9-8-19-33(35)39-27-38-30-16-5-4-13-28(30)25-26-34(38)31-17-6-7-18-32(31)39/h1-27H. The number of para-hydroxylation sites is 1. The highest BCUT2D eigenvalue weighted by molar-refractivity contribution is 6.21. The normalized spacial score (nSPS) is 11.7. The van der Waals surface area contributed by atoms with Crippen molar-refractivity contribution in [1.82, 2.24) is 15.0 Å². The van der Waals surface area contributed by atoms with E-state index in [2.05, 4.69) is 103 Å². The minimum absolute atomic E-state index is 0.602. The van der Waals surface area contributed by atoms with Gasteiger partial charge in [0.2, 0.25) is 0 Å². The summed E-state index contributed by atoms with van der Waals surface area (Å²) in [5.41, 5.74) is 6.62. The van der Waals surface area contributed by atoms with Crippen LogP contribution in [0.1, 0.15) is 0 Å². The average molecular weight is 626 g/mol. The number of benzene rings is 8. The summed E-state index contributed by atoms with van der Waals surface area (Å²) in [6.07, 6.45) is 0. The molecule has 0 unspecified atom stereocenters. The van der Waals surface area contributed by atoms with Crippen molar-refractivity contribution in [2.75, 3.05) is 0 Å². The quantitative estimate of drug-likeness (QED) is 0.183. The Morgan fingerprint density at radius 2 is 0.918 bits per heavy atom. The van der Waals surface area contributed by atoms with Crippen LogP contribution in [0.4, 0.5) is 0 Å². The predicted molar refractivity (Wildman–Crippen MR) is 201 cm³/mol. The summed E-state index contributed by atoms with van der Waals surface area (Å²) in [6.45, 7) is 0. The molecule has 0 saturated carbocycles. The minimum atomic E-state index is 0.602. The summed E-state index contributed by atoms with van der Waals surface area (Å²) in [5, 5.41) is 9.35. The summed E-state index contributed by atoms with van der Waals surface area (Å²) in [7, 11) is 0. The zero-order valence-electron chi connectivity index (χ0n) is 26.3. The number of furan rings is 1. The van der Waals surface area contributed by atoms with E-state index in [-0.39, 0.29) is 0 Å². The maximum Gasteiger partial charge on any atom is 0.164 e. The fourth-order valence-corrected chi connectivity index (χ4v) is 7.29. The van der Waals surface area contributed by atoms with Gasteiger partial charge in [0.15, 0.2) is 17.5 Å². The summed E-state index contributed by atoms with van der Waals surface area (Å²) in [4.78, 5) is 15.5. The summed E-state index contributed by atoms with van der Waals surface area (Å²) >= 11 is 0. The zero-order valence-corrected chi connectivity index (χ0v) is 26.3. The molecule has 0 fully saturated rings. The van der Waals surface area contributed by atoms with Crippen molar-refractivity contribution in [2.24, 2.45) is 0 Å². The molecule has 2 heterocycles. The van der Waals surface area contributed by atoms with Crippen LogP contribution in [-0.2, 0) is 0 Å². The molecule has 0 N–H and O–H groups in total. The molecule has 0 aliphatic rings. The fraction of sp³-hybridized carbons (Fsp3) is 0. The topological polar surface area (TPSA) is 51.8 Å². The van der Waals surface area contributed by atoms with E-state index < -0.39 is 0 Å². The average Bonchev–Trinajstić information content (AvgIpc) is 3.57. The molecule has 10 rings (SSSR count). The van der Waals surface area contributed by atoms with Crippen LogP contribution in [0.25, 0.3) is 99.5 Å². The van der Waals surface area contributed by atoms with Gasteiger partial charge in [0.05, 0.1) is 0 Å². The Balaban J connectivity index is 1.27. The van der Waals surface area contributed by atoms with Gasteiger partial charge in [0.1, 0.15) is 11.2 Å². The second-order valence-electron chi connectivity index (χ2n) is 12.3. The first kappa shape index (κ1) is 27.5. The molecule has 0 aliphatic heterocycles. The van der Waals surface area contributed by atoms with Gasteiger partial charge in [-0.3, -0.25) is 0 Å². The molecular weight excluding hydrogens is 599 g/mol. The third-order valence-electron chi connectivity index (χ3n) is 9.54. The number of hydrogen-bond acceptors (Lipinski definition) is 4. The molecule has 0 spiro atoms. The second kappa shape index (κ2) is 11.0. The lowest BCUT2D eigenvalue weighted by atomic mass is 9.89. The largest absolute Gasteiger partial charge is 0.456 e. The molecule has 0 atom stereocenters. The number of nitrogens with zero attached hydrogens (tertiary/aromatic N) is 3. The Bertz CT molecular complexity index is 2890. The van der Waals surface area contributed by atoms with E-state index in [0.29, 0.717) is 17.5 Å². The number of aromatic nitrogens is 3.